The van der Waals surface area contributed by atoms with Crippen LogP contribution in [0, 0.1) is 6.92 Å². The fourth-order valence-corrected chi connectivity index (χ4v) is 1.96. The molecule has 0 aliphatic heterocycles. The topological polar surface area (TPSA) is 25.2 Å². The summed E-state index contributed by atoms with van der Waals surface area (Å²) in [6.45, 7) is 3.27. The smallest absolute Gasteiger partial charge is 0.117 e. The minimum Gasteiger partial charge on any atom is -0.465 e. The summed E-state index contributed by atoms with van der Waals surface area (Å²) < 4.78 is 5.45. The van der Waals surface area contributed by atoms with E-state index in [0.29, 0.717) is 18.1 Å². The highest BCUT2D eigenvalue weighted by molar-refractivity contribution is 6.33. The summed E-state index contributed by atoms with van der Waals surface area (Å²) in [6, 6.07) is 9.36. The average molecular weight is 270 g/mol. The fourth-order valence-electron chi connectivity index (χ4n) is 1.58. The first kappa shape index (κ1) is 12.5. The number of rotatable bonds is 4. The van der Waals surface area contributed by atoms with Crippen LogP contribution in [0.3, 0.4) is 0 Å². The monoisotopic (exact) mass is 269 g/mol. The highest BCUT2D eigenvalue weighted by Crippen LogP contribution is 2.20. The molecule has 0 spiro atoms. The SMILES string of the molecule is Cc1ccc(CNCc2cc(Cl)ccc2Cl)o1. The third-order valence-corrected chi connectivity index (χ3v) is 3.02. The molecule has 4 heteroatoms. The van der Waals surface area contributed by atoms with E-state index in [1.807, 2.05) is 25.1 Å². The molecular formula is C13H13Cl2NO. The minimum atomic E-state index is 0.666. The highest BCUT2D eigenvalue weighted by Gasteiger charge is 2.02. The van der Waals surface area contributed by atoms with Gasteiger partial charge in [-0.1, -0.05) is 23.2 Å². The maximum Gasteiger partial charge on any atom is 0.117 e. The van der Waals surface area contributed by atoms with Crippen LogP contribution in [0.25, 0.3) is 0 Å². The molecule has 90 valence electrons. The summed E-state index contributed by atoms with van der Waals surface area (Å²) in [5.74, 6) is 1.84. The maximum atomic E-state index is 6.06. The van der Waals surface area contributed by atoms with E-state index in [9.17, 15) is 0 Å². The van der Waals surface area contributed by atoms with E-state index in [1.165, 1.54) is 0 Å². The van der Waals surface area contributed by atoms with Gasteiger partial charge in [-0.3, -0.25) is 0 Å². The van der Waals surface area contributed by atoms with Crippen LogP contribution in [0.4, 0.5) is 0 Å². The zero-order valence-electron chi connectivity index (χ0n) is 9.47. The van der Waals surface area contributed by atoms with Gasteiger partial charge >= 0.3 is 0 Å². The van der Waals surface area contributed by atoms with E-state index < -0.39 is 0 Å². The molecule has 2 aromatic rings. The molecule has 0 atom stereocenters. The van der Waals surface area contributed by atoms with Crippen LogP contribution < -0.4 is 5.32 Å². The van der Waals surface area contributed by atoms with Crippen molar-refractivity contribution in [1.29, 1.82) is 0 Å². The Morgan fingerprint density at radius 3 is 2.65 bits per heavy atom. The highest BCUT2D eigenvalue weighted by atomic mass is 35.5. The summed E-state index contributed by atoms with van der Waals surface area (Å²) in [5, 5.41) is 4.68. The quantitative estimate of drug-likeness (QED) is 0.901. The van der Waals surface area contributed by atoms with E-state index >= 15 is 0 Å². The van der Waals surface area contributed by atoms with Crippen molar-refractivity contribution in [3.8, 4) is 0 Å². The molecule has 0 unspecified atom stereocenters. The van der Waals surface area contributed by atoms with Gasteiger partial charge in [0.05, 0.1) is 6.54 Å². The van der Waals surface area contributed by atoms with Crippen LogP contribution in [0.2, 0.25) is 10.0 Å². The number of hydrogen-bond donors (Lipinski definition) is 1. The van der Waals surface area contributed by atoms with Crippen LogP contribution >= 0.6 is 23.2 Å². The van der Waals surface area contributed by atoms with Gasteiger partial charge in [-0.15, -0.1) is 0 Å². The largest absolute Gasteiger partial charge is 0.465 e. The Kier molecular flexibility index (Phi) is 4.11. The van der Waals surface area contributed by atoms with Gasteiger partial charge in [-0.05, 0) is 42.8 Å². The first-order chi connectivity index (χ1) is 8.15. The fraction of sp³-hybridized carbons (Fsp3) is 0.231. The summed E-state index contributed by atoms with van der Waals surface area (Å²) in [4.78, 5) is 0. The number of benzene rings is 1. The zero-order valence-corrected chi connectivity index (χ0v) is 11.0. The third-order valence-electron chi connectivity index (χ3n) is 2.42. The molecule has 2 nitrogen and oxygen atoms in total. The zero-order chi connectivity index (χ0) is 12.3. The van der Waals surface area contributed by atoms with Crippen molar-refractivity contribution in [2.75, 3.05) is 0 Å². The van der Waals surface area contributed by atoms with Gasteiger partial charge in [0.15, 0.2) is 0 Å². The Bertz CT molecular complexity index is 508. The van der Waals surface area contributed by atoms with Crippen LogP contribution in [-0.4, -0.2) is 0 Å². The van der Waals surface area contributed by atoms with Gasteiger partial charge in [-0.25, -0.2) is 0 Å². The molecule has 17 heavy (non-hydrogen) atoms. The molecular weight excluding hydrogens is 257 g/mol. The standard InChI is InChI=1S/C13H13Cl2NO/c1-9-2-4-12(17-9)8-16-7-10-6-11(14)3-5-13(10)15/h2-6,16H,7-8H2,1H3. The van der Waals surface area contributed by atoms with E-state index in [1.54, 1.807) is 12.1 Å². The van der Waals surface area contributed by atoms with Gasteiger partial charge in [-0.2, -0.15) is 0 Å². The Balaban J connectivity index is 1.91. The van der Waals surface area contributed by atoms with Crippen molar-refractivity contribution >= 4 is 23.2 Å². The van der Waals surface area contributed by atoms with Crippen LogP contribution in [0.5, 0.6) is 0 Å². The number of hydrogen-bond acceptors (Lipinski definition) is 2. The Morgan fingerprint density at radius 1 is 1.12 bits per heavy atom. The number of aryl methyl sites for hydroxylation is 1. The number of nitrogens with one attached hydrogen (secondary N) is 1. The predicted molar refractivity (Wildman–Crippen MR) is 70.5 cm³/mol. The lowest BCUT2D eigenvalue weighted by molar-refractivity contribution is 0.462. The first-order valence-electron chi connectivity index (χ1n) is 5.35. The van der Waals surface area contributed by atoms with Crippen molar-refractivity contribution in [2.24, 2.45) is 0 Å². The molecule has 0 saturated heterocycles. The van der Waals surface area contributed by atoms with Crippen molar-refractivity contribution in [2.45, 2.75) is 20.0 Å². The second-order valence-electron chi connectivity index (χ2n) is 3.85. The molecule has 0 amide bonds. The van der Waals surface area contributed by atoms with Gasteiger partial charge in [0, 0.05) is 16.6 Å². The molecule has 2 rings (SSSR count). The Hall–Kier alpha value is -0.960. The van der Waals surface area contributed by atoms with Gasteiger partial charge in [0.2, 0.25) is 0 Å². The molecule has 0 saturated carbocycles. The van der Waals surface area contributed by atoms with Gasteiger partial charge in [0.1, 0.15) is 11.5 Å². The normalized spacial score (nSPS) is 10.8. The molecule has 0 fully saturated rings. The number of furan rings is 1. The maximum absolute atomic E-state index is 6.06. The van der Waals surface area contributed by atoms with E-state index in [4.69, 9.17) is 27.6 Å². The van der Waals surface area contributed by atoms with Crippen LogP contribution in [0.1, 0.15) is 17.1 Å². The van der Waals surface area contributed by atoms with E-state index in [0.717, 1.165) is 22.1 Å². The molecule has 1 heterocycles. The van der Waals surface area contributed by atoms with Crippen LogP contribution in [-0.2, 0) is 13.1 Å². The third kappa shape index (κ3) is 3.50. The molecule has 1 N–H and O–H groups in total. The predicted octanol–water partition coefficient (Wildman–Crippen LogP) is 4.18. The van der Waals surface area contributed by atoms with Crippen molar-refractivity contribution in [1.82, 2.24) is 5.32 Å². The van der Waals surface area contributed by atoms with Gasteiger partial charge < -0.3 is 9.73 Å². The van der Waals surface area contributed by atoms with E-state index in [-0.39, 0.29) is 0 Å². The molecule has 1 aromatic carbocycles. The molecule has 0 radical (unpaired) electrons. The molecule has 0 bridgehead atoms. The van der Waals surface area contributed by atoms with Crippen LogP contribution in [0.15, 0.2) is 34.7 Å². The summed E-state index contributed by atoms with van der Waals surface area (Å²) >= 11 is 12.0. The van der Waals surface area contributed by atoms with E-state index in [2.05, 4.69) is 5.32 Å². The summed E-state index contributed by atoms with van der Waals surface area (Å²) in [5.41, 5.74) is 0.988. The van der Waals surface area contributed by atoms with Crippen molar-refractivity contribution in [3.63, 3.8) is 0 Å². The second kappa shape index (κ2) is 5.58. The molecule has 0 aliphatic rings. The lowest BCUT2D eigenvalue weighted by Crippen LogP contribution is -2.12. The Morgan fingerprint density at radius 2 is 1.94 bits per heavy atom. The summed E-state index contributed by atoms with van der Waals surface area (Å²) in [7, 11) is 0. The number of halogens is 2. The second-order valence-corrected chi connectivity index (χ2v) is 4.70. The lowest BCUT2D eigenvalue weighted by Gasteiger charge is -2.06. The minimum absolute atomic E-state index is 0.666. The Labute approximate surface area is 111 Å². The average Bonchev–Trinajstić information content (AvgIpc) is 2.69. The molecule has 1 aromatic heterocycles. The first-order valence-corrected chi connectivity index (χ1v) is 6.11. The lowest BCUT2D eigenvalue weighted by atomic mass is 10.2. The summed E-state index contributed by atoms with van der Waals surface area (Å²) in [6.07, 6.45) is 0. The van der Waals surface area contributed by atoms with Crippen molar-refractivity contribution < 1.29 is 4.42 Å². The van der Waals surface area contributed by atoms with Crippen molar-refractivity contribution in [3.05, 3.63) is 57.5 Å². The van der Waals surface area contributed by atoms with Gasteiger partial charge in [0.25, 0.3) is 0 Å². The molecule has 0 aliphatic carbocycles.